The zero-order valence-electron chi connectivity index (χ0n) is 15.8. The van der Waals surface area contributed by atoms with E-state index in [1.54, 1.807) is 33.2 Å². The molecule has 1 aliphatic rings. The Morgan fingerprint density at radius 1 is 1.17 bits per heavy atom. The van der Waals surface area contributed by atoms with Gasteiger partial charge in [-0.25, -0.2) is 0 Å². The lowest BCUT2D eigenvalue weighted by atomic mass is 10.2. The molecule has 3 aromatic rings. The number of pyridine rings is 1. The summed E-state index contributed by atoms with van der Waals surface area (Å²) in [4.78, 5) is 32.2. The van der Waals surface area contributed by atoms with Gasteiger partial charge in [0.2, 0.25) is 5.91 Å². The number of carbonyl (C=O) groups excluding carboxylic acids is 2. The highest BCUT2D eigenvalue weighted by Crippen LogP contribution is 2.26. The van der Waals surface area contributed by atoms with Crippen LogP contribution in [-0.4, -0.2) is 57.8 Å². The Morgan fingerprint density at radius 3 is 2.76 bits per heavy atom. The Bertz CT molecular complexity index is 965. The zero-order chi connectivity index (χ0) is 20.1. The highest BCUT2D eigenvalue weighted by molar-refractivity contribution is 7.13. The minimum atomic E-state index is -0.193. The van der Waals surface area contributed by atoms with E-state index in [-0.39, 0.29) is 18.4 Å². The highest BCUT2D eigenvalue weighted by Gasteiger charge is 2.23. The zero-order valence-corrected chi connectivity index (χ0v) is 16.6. The maximum Gasteiger partial charge on any atom is 0.274 e. The summed E-state index contributed by atoms with van der Waals surface area (Å²) in [5.41, 5.74) is 1.88. The number of rotatable bonds is 6. The highest BCUT2D eigenvalue weighted by atomic mass is 32.1. The van der Waals surface area contributed by atoms with Crippen LogP contribution in [-0.2, 0) is 22.6 Å². The van der Waals surface area contributed by atoms with Gasteiger partial charge in [-0.3, -0.25) is 19.3 Å². The molecule has 0 saturated carbocycles. The van der Waals surface area contributed by atoms with Crippen LogP contribution in [0, 0.1) is 0 Å². The van der Waals surface area contributed by atoms with E-state index in [4.69, 9.17) is 4.74 Å². The number of nitrogens with zero attached hydrogens (tertiary/aromatic N) is 4. The molecule has 1 aliphatic heterocycles. The van der Waals surface area contributed by atoms with Gasteiger partial charge in [0.1, 0.15) is 6.54 Å². The fourth-order valence-corrected chi connectivity index (χ4v) is 3.82. The van der Waals surface area contributed by atoms with Gasteiger partial charge in [0.15, 0.2) is 5.69 Å². The second-order valence-electron chi connectivity index (χ2n) is 6.55. The van der Waals surface area contributed by atoms with Crippen molar-refractivity contribution in [3.05, 3.63) is 59.4 Å². The van der Waals surface area contributed by atoms with Gasteiger partial charge in [0.05, 0.1) is 36.0 Å². The van der Waals surface area contributed by atoms with Crippen molar-refractivity contribution in [1.82, 2.24) is 25.0 Å². The molecule has 2 amide bonds. The molecule has 1 N–H and O–H groups in total. The number of carbonyl (C=O) groups is 2. The summed E-state index contributed by atoms with van der Waals surface area (Å²) < 4.78 is 6.90. The van der Waals surface area contributed by atoms with Gasteiger partial charge >= 0.3 is 0 Å². The van der Waals surface area contributed by atoms with E-state index in [2.05, 4.69) is 15.4 Å². The Hall–Kier alpha value is -3.04. The van der Waals surface area contributed by atoms with E-state index in [1.165, 1.54) is 0 Å². The summed E-state index contributed by atoms with van der Waals surface area (Å²) >= 11 is 1.54. The van der Waals surface area contributed by atoms with Gasteiger partial charge in [-0.05, 0) is 29.6 Å². The third kappa shape index (κ3) is 4.69. The van der Waals surface area contributed by atoms with Gasteiger partial charge in [0, 0.05) is 19.3 Å². The molecule has 0 unspecified atom stereocenters. The Balaban J connectivity index is 1.50. The maximum atomic E-state index is 12.8. The van der Waals surface area contributed by atoms with Crippen LogP contribution in [0.15, 0.2) is 48.0 Å². The first-order valence-corrected chi connectivity index (χ1v) is 10.2. The van der Waals surface area contributed by atoms with Crippen molar-refractivity contribution in [2.24, 2.45) is 0 Å². The molecule has 0 radical (unpaired) electrons. The van der Waals surface area contributed by atoms with Crippen LogP contribution in [0.25, 0.3) is 10.6 Å². The molecule has 0 bridgehead atoms. The van der Waals surface area contributed by atoms with Gasteiger partial charge in [-0.1, -0.05) is 12.1 Å². The first-order chi connectivity index (χ1) is 14.2. The smallest absolute Gasteiger partial charge is 0.274 e. The molecular weight excluding hydrogens is 390 g/mol. The van der Waals surface area contributed by atoms with Crippen LogP contribution in [0.2, 0.25) is 0 Å². The van der Waals surface area contributed by atoms with Crippen molar-refractivity contribution in [3.63, 3.8) is 0 Å². The van der Waals surface area contributed by atoms with Gasteiger partial charge in [-0.2, -0.15) is 5.10 Å². The Morgan fingerprint density at radius 2 is 2.03 bits per heavy atom. The lowest BCUT2D eigenvalue weighted by Crippen LogP contribution is -2.40. The number of aromatic nitrogens is 3. The van der Waals surface area contributed by atoms with E-state index in [1.807, 2.05) is 35.7 Å². The van der Waals surface area contributed by atoms with E-state index in [0.717, 1.165) is 16.3 Å². The number of nitrogens with one attached hydrogen (secondary N) is 1. The fourth-order valence-electron chi connectivity index (χ4n) is 3.08. The minimum Gasteiger partial charge on any atom is -0.378 e. The first-order valence-electron chi connectivity index (χ1n) is 9.36. The molecule has 0 aliphatic carbocycles. The molecular formula is C20H21N5O3S. The summed E-state index contributed by atoms with van der Waals surface area (Å²) in [6.07, 6.45) is 1.69. The fraction of sp³-hybridized carbons (Fsp3) is 0.300. The average Bonchev–Trinajstić information content (AvgIpc) is 3.43. The van der Waals surface area contributed by atoms with Crippen LogP contribution < -0.4 is 5.32 Å². The lowest BCUT2D eigenvalue weighted by molar-refractivity contribution is -0.122. The van der Waals surface area contributed by atoms with Gasteiger partial charge in [-0.15, -0.1) is 11.3 Å². The molecule has 150 valence electrons. The second kappa shape index (κ2) is 8.97. The van der Waals surface area contributed by atoms with Crippen LogP contribution in [0.3, 0.4) is 0 Å². The molecule has 4 heterocycles. The number of hydrogen-bond acceptors (Lipinski definition) is 6. The monoisotopic (exact) mass is 411 g/mol. The van der Waals surface area contributed by atoms with E-state index in [9.17, 15) is 9.59 Å². The summed E-state index contributed by atoms with van der Waals surface area (Å²) in [5.74, 6) is -0.333. The summed E-state index contributed by atoms with van der Waals surface area (Å²) in [6, 6.07) is 11.2. The SMILES string of the molecule is O=C(Cn1nc(C(=O)N2CCOCC2)cc1-c1cccs1)NCc1ccccn1. The normalized spacial score (nSPS) is 14.0. The Kier molecular flexibility index (Phi) is 5.97. The van der Waals surface area contributed by atoms with Crippen molar-refractivity contribution in [2.45, 2.75) is 13.1 Å². The van der Waals surface area contributed by atoms with Crippen LogP contribution in [0.1, 0.15) is 16.2 Å². The molecule has 29 heavy (non-hydrogen) atoms. The molecule has 1 saturated heterocycles. The molecule has 8 nitrogen and oxygen atoms in total. The predicted octanol–water partition coefficient (Wildman–Crippen LogP) is 1.80. The van der Waals surface area contributed by atoms with Crippen LogP contribution in [0.5, 0.6) is 0 Å². The summed E-state index contributed by atoms with van der Waals surface area (Å²) in [6.45, 7) is 2.51. The summed E-state index contributed by atoms with van der Waals surface area (Å²) in [5, 5.41) is 9.26. The van der Waals surface area contributed by atoms with Crippen LogP contribution in [0.4, 0.5) is 0 Å². The van der Waals surface area contributed by atoms with E-state index >= 15 is 0 Å². The minimum absolute atomic E-state index is 0.0243. The number of hydrogen-bond donors (Lipinski definition) is 1. The molecule has 1 fully saturated rings. The van der Waals surface area contributed by atoms with E-state index in [0.29, 0.717) is 38.5 Å². The van der Waals surface area contributed by atoms with Crippen molar-refractivity contribution >= 4 is 23.2 Å². The lowest BCUT2D eigenvalue weighted by Gasteiger charge is -2.25. The predicted molar refractivity (Wildman–Crippen MR) is 108 cm³/mol. The second-order valence-corrected chi connectivity index (χ2v) is 7.50. The quantitative estimate of drug-likeness (QED) is 0.668. The van der Waals surface area contributed by atoms with E-state index < -0.39 is 0 Å². The van der Waals surface area contributed by atoms with Crippen LogP contribution >= 0.6 is 11.3 Å². The largest absolute Gasteiger partial charge is 0.378 e. The topological polar surface area (TPSA) is 89.4 Å². The van der Waals surface area contributed by atoms with Gasteiger partial charge in [0.25, 0.3) is 5.91 Å². The molecule has 0 spiro atoms. The Labute approximate surface area is 172 Å². The molecule has 0 atom stereocenters. The standard InChI is InChI=1S/C20H21N5O3S/c26-19(22-13-15-4-1-2-6-21-15)14-25-17(18-5-3-11-29-18)12-16(23-25)20(27)24-7-9-28-10-8-24/h1-6,11-12H,7-10,13-14H2,(H,22,26). The first kappa shape index (κ1) is 19.3. The molecule has 0 aromatic carbocycles. The number of thiophene rings is 1. The number of ether oxygens (including phenoxy) is 1. The molecule has 4 rings (SSSR count). The molecule has 3 aromatic heterocycles. The number of amides is 2. The third-order valence-electron chi connectivity index (χ3n) is 4.56. The summed E-state index contributed by atoms with van der Waals surface area (Å²) in [7, 11) is 0. The number of morpholine rings is 1. The van der Waals surface area contributed by atoms with Crippen molar-refractivity contribution < 1.29 is 14.3 Å². The average molecular weight is 411 g/mol. The molecule has 9 heteroatoms. The maximum absolute atomic E-state index is 12.8. The van der Waals surface area contributed by atoms with Crippen molar-refractivity contribution in [1.29, 1.82) is 0 Å². The van der Waals surface area contributed by atoms with Crippen molar-refractivity contribution in [3.8, 4) is 10.6 Å². The van der Waals surface area contributed by atoms with Crippen molar-refractivity contribution in [2.75, 3.05) is 26.3 Å². The van der Waals surface area contributed by atoms with Gasteiger partial charge < -0.3 is 15.0 Å². The third-order valence-corrected chi connectivity index (χ3v) is 5.45.